The second-order valence-corrected chi connectivity index (χ2v) is 8.38. The van der Waals surface area contributed by atoms with Crippen molar-refractivity contribution in [3.63, 3.8) is 0 Å². The Bertz CT molecular complexity index is 393. The van der Waals surface area contributed by atoms with Gasteiger partial charge in [-0.05, 0) is 64.7 Å². The molecule has 5 heteroatoms. The fourth-order valence-corrected chi connectivity index (χ4v) is 4.40. The van der Waals surface area contributed by atoms with Crippen LogP contribution < -0.4 is 0 Å². The third kappa shape index (κ3) is 6.82. The lowest BCUT2D eigenvalue weighted by atomic mass is 9.91. The van der Waals surface area contributed by atoms with Crippen molar-refractivity contribution in [3.05, 3.63) is 0 Å². The average Bonchev–Trinajstić information content (AvgIpc) is 2.68. The van der Waals surface area contributed by atoms with Crippen molar-refractivity contribution in [2.75, 3.05) is 73.0 Å². The number of hydrogen-bond donors (Lipinski definition) is 0. The highest BCUT2D eigenvalue weighted by atomic mass is 16.2. The summed E-state index contributed by atoms with van der Waals surface area (Å²) in [7, 11) is 4.40. The molecule has 0 atom stereocenters. The van der Waals surface area contributed by atoms with Gasteiger partial charge in [0, 0.05) is 52.2 Å². The Morgan fingerprint density at radius 1 is 0.731 bits per heavy atom. The van der Waals surface area contributed by atoms with Gasteiger partial charge in [-0.3, -0.25) is 4.79 Å². The molecular formula is C21H42N4O. The number of hydrogen-bond acceptors (Lipinski definition) is 4. The maximum Gasteiger partial charge on any atom is 0.222 e. The molecule has 0 N–H and O–H groups in total. The van der Waals surface area contributed by atoms with E-state index < -0.39 is 0 Å². The number of piperazine rings is 1. The average molecular weight is 367 g/mol. The monoisotopic (exact) mass is 366 g/mol. The van der Waals surface area contributed by atoms with Crippen LogP contribution in [-0.2, 0) is 4.79 Å². The van der Waals surface area contributed by atoms with E-state index in [1.165, 1.54) is 58.4 Å². The summed E-state index contributed by atoms with van der Waals surface area (Å²) >= 11 is 0. The number of piperidine rings is 2. The number of carbonyl (C=O) groups is 1. The summed E-state index contributed by atoms with van der Waals surface area (Å²) in [6.45, 7) is 14.4. The van der Waals surface area contributed by atoms with Crippen molar-refractivity contribution in [1.29, 1.82) is 0 Å². The van der Waals surface area contributed by atoms with Gasteiger partial charge in [-0.2, -0.15) is 0 Å². The Kier molecular flexibility index (Phi) is 9.37. The van der Waals surface area contributed by atoms with Gasteiger partial charge in [0.25, 0.3) is 0 Å². The lowest BCUT2D eigenvalue weighted by Gasteiger charge is -2.38. The highest BCUT2D eigenvalue weighted by Gasteiger charge is 2.27. The molecule has 0 spiro atoms. The van der Waals surface area contributed by atoms with E-state index in [4.69, 9.17) is 0 Å². The molecule has 0 saturated carbocycles. The molecule has 0 bridgehead atoms. The first-order valence-electron chi connectivity index (χ1n) is 11.0. The van der Waals surface area contributed by atoms with E-state index in [1.54, 1.807) is 0 Å². The van der Waals surface area contributed by atoms with Gasteiger partial charge in [-0.1, -0.05) is 13.8 Å². The van der Waals surface area contributed by atoms with Gasteiger partial charge in [-0.15, -0.1) is 0 Å². The highest BCUT2D eigenvalue weighted by molar-refractivity contribution is 5.76. The lowest BCUT2D eigenvalue weighted by Crippen LogP contribution is -2.48. The van der Waals surface area contributed by atoms with Crippen LogP contribution in [0.2, 0.25) is 0 Å². The number of nitrogens with zero attached hydrogens (tertiary/aromatic N) is 4. The molecule has 0 aliphatic carbocycles. The summed E-state index contributed by atoms with van der Waals surface area (Å²) in [4.78, 5) is 22.2. The molecule has 0 radical (unpaired) electrons. The Morgan fingerprint density at radius 2 is 1.23 bits per heavy atom. The quantitative estimate of drug-likeness (QED) is 0.763. The van der Waals surface area contributed by atoms with Crippen LogP contribution in [0.3, 0.4) is 0 Å². The largest absolute Gasteiger partial charge is 0.343 e. The summed E-state index contributed by atoms with van der Waals surface area (Å²) in [6.07, 6.45) is 5.58. The van der Waals surface area contributed by atoms with Gasteiger partial charge in [0.2, 0.25) is 5.91 Å². The minimum atomic E-state index is 0.419. The molecule has 1 amide bonds. The molecule has 152 valence electrons. The molecule has 3 heterocycles. The third-order valence-corrected chi connectivity index (χ3v) is 6.38. The normalized spacial score (nSPS) is 25.0. The van der Waals surface area contributed by atoms with Crippen molar-refractivity contribution in [2.24, 2.45) is 11.8 Å². The van der Waals surface area contributed by atoms with Crippen LogP contribution in [0.1, 0.15) is 46.0 Å². The second kappa shape index (κ2) is 11.3. The first-order valence-corrected chi connectivity index (χ1v) is 11.0. The predicted octanol–water partition coefficient (Wildman–Crippen LogP) is 2.23. The molecule has 3 saturated heterocycles. The SMILES string of the molecule is CC.CN1CCC(CC(=O)N2CCC(CN3CCN(C)CC3)CC2)CC1. The molecule has 26 heavy (non-hydrogen) atoms. The Labute approximate surface area is 161 Å². The molecule has 3 fully saturated rings. The van der Waals surface area contributed by atoms with Crippen LogP contribution in [0.5, 0.6) is 0 Å². The number of likely N-dealkylation sites (N-methyl/N-ethyl adjacent to an activating group) is 1. The molecule has 0 aromatic carbocycles. The van der Waals surface area contributed by atoms with E-state index in [0.29, 0.717) is 11.8 Å². The van der Waals surface area contributed by atoms with Crippen molar-refractivity contribution in [2.45, 2.75) is 46.0 Å². The Balaban J connectivity index is 0.00000117. The fourth-order valence-electron chi connectivity index (χ4n) is 4.40. The van der Waals surface area contributed by atoms with Crippen LogP contribution in [0.25, 0.3) is 0 Å². The standard InChI is InChI=1S/C19H36N4O.C2H6/c1-20-7-3-17(4-8-20)15-19(24)23-9-5-18(6-10-23)16-22-13-11-21(2)12-14-22;1-2/h17-18H,3-16H2,1-2H3;1-2H3. The predicted molar refractivity (Wildman–Crippen MR) is 109 cm³/mol. The maximum absolute atomic E-state index is 12.6. The first-order chi connectivity index (χ1) is 12.6. The summed E-state index contributed by atoms with van der Waals surface area (Å²) in [5, 5.41) is 0. The first kappa shape index (κ1) is 21.6. The van der Waals surface area contributed by atoms with E-state index >= 15 is 0 Å². The molecule has 3 aliphatic rings. The smallest absolute Gasteiger partial charge is 0.222 e. The van der Waals surface area contributed by atoms with Crippen molar-refractivity contribution < 1.29 is 4.79 Å². The second-order valence-electron chi connectivity index (χ2n) is 8.38. The zero-order valence-corrected chi connectivity index (χ0v) is 17.8. The van der Waals surface area contributed by atoms with E-state index in [2.05, 4.69) is 33.7 Å². The van der Waals surface area contributed by atoms with E-state index in [-0.39, 0.29) is 0 Å². The molecule has 3 rings (SSSR count). The zero-order chi connectivity index (χ0) is 18.9. The summed E-state index contributed by atoms with van der Waals surface area (Å²) in [6, 6.07) is 0. The summed E-state index contributed by atoms with van der Waals surface area (Å²) in [5.74, 6) is 1.83. The van der Waals surface area contributed by atoms with Crippen molar-refractivity contribution in [1.82, 2.24) is 19.6 Å². The van der Waals surface area contributed by atoms with E-state index in [1.807, 2.05) is 13.8 Å². The fraction of sp³-hybridized carbons (Fsp3) is 0.952. The Hall–Kier alpha value is -0.650. The van der Waals surface area contributed by atoms with Gasteiger partial charge < -0.3 is 19.6 Å². The van der Waals surface area contributed by atoms with E-state index in [9.17, 15) is 4.79 Å². The molecule has 3 aliphatic heterocycles. The topological polar surface area (TPSA) is 30.0 Å². The number of rotatable bonds is 4. The van der Waals surface area contributed by atoms with E-state index in [0.717, 1.165) is 38.5 Å². The Morgan fingerprint density at radius 3 is 1.81 bits per heavy atom. The number of carbonyl (C=O) groups excluding carboxylic acids is 1. The lowest BCUT2D eigenvalue weighted by molar-refractivity contribution is -0.134. The molecule has 0 aromatic rings. The van der Waals surface area contributed by atoms with Gasteiger partial charge >= 0.3 is 0 Å². The zero-order valence-electron chi connectivity index (χ0n) is 17.8. The van der Waals surface area contributed by atoms with Gasteiger partial charge in [0.1, 0.15) is 0 Å². The summed E-state index contributed by atoms with van der Waals surface area (Å²) in [5.41, 5.74) is 0. The van der Waals surface area contributed by atoms with Gasteiger partial charge in [0.05, 0.1) is 0 Å². The van der Waals surface area contributed by atoms with Crippen LogP contribution >= 0.6 is 0 Å². The third-order valence-electron chi connectivity index (χ3n) is 6.38. The molecule has 0 aromatic heterocycles. The van der Waals surface area contributed by atoms with Crippen molar-refractivity contribution >= 4 is 5.91 Å². The maximum atomic E-state index is 12.6. The molecule has 5 nitrogen and oxygen atoms in total. The van der Waals surface area contributed by atoms with Crippen LogP contribution in [0, 0.1) is 11.8 Å². The van der Waals surface area contributed by atoms with Crippen LogP contribution in [-0.4, -0.2) is 98.5 Å². The van der Waals surface area contributed by atoms with Crippen LogP contribution in [0.4, 0.5) is 0 Å². The minimum Gasteiger partial charge on any atom is -0.343 e. The van der Waals surface area contributed by atoms with Gasteiger partial charge in [-0.25, -0.2) is 0 Å². The summed E-state index contributed by atoms with van der Waals surface area (Å²) < 4.78 is 0. The minimum absolute atomic E-state index is 0.419. The van der Waals surface area contributed by atoms with Crippen LogP contribution in [0.15, 0.2) is 0 Å². The molecular weight excluding hydrogens is 324 g/mol. The van der Waals surface area contributed by atoms with Gasteiger partial charge in [0.15, 0.2) is 0 Å². The highest BCUT2D eigenvalue weighted by Crippen LogP contribution is 2.24. The number of likely N-dealkylation sites (tertiary alicyclic amines) is 2. The van der Waals surface area contributed by atoms with Crippen molar-refractivity contribution in [3.8, 4) is 0 Å². The number of amides is 1. The molecule has 0 unspecified atom stereocenters.